The quantitative estimate of drug-likeness (QED) is 0.262. The van der Waals surface area contributed by atoms with Gasteiger partial charge in [-0.05, 0) is 0 Å². The summed E-state index contributed by atoms with van der Waals surface area (Å²) >= 11 is 0. The molecule has 0 bridgehead atoms. The molecule has 0 aromatic carbocycles. The van der Waals surface area contributed by atoms with Crippen molar-refractivity contribution in [1.29, 1.82) is 0 Å². The van der Waals surface area contributed by atoms with E-state index >= 15 is 0 Å². The first kappa shape index (κ1) is 17.9. The zero-order valence-corrected chi connectivity index (χ0v) is 5.15. The van der Waals surface area contributed by atoms with Gasteiger partial charge in [0.2, 0.25) is 0 Å². The fourth-order valence-corrected chi connectivity index (χ4v) is 0. The Balaban J connectivity index is -0.0000000133. The maximum absolute atomic E-state index is 5.25. The third-order valence-electron chi connectivity index (χ3n) is 0. The molecule has 0 aromatic heterocycles. The Hall–Kier alpha value is 0.476. The summed E-state index contributed by atoms with van der Waals surface area (Å²) < 4.78 is 0. The van der Waals surface area contributed by atoms with Crippen molar-refractivity contribution in [2.45, 2.75) is 0 Å². The van der Waals surface area contributed by atoms with Crippen molar-refractivity contribution in [3.05, 3.63) is 11.7 Å². The van der Waals surface area contributed by atoms with Crippen LogP contribution in [-0.4, -0.2) is 19.8 Å². The Labute approximate surface area is 43.9 Å². The van der Waals surface area contributed by atoms with Crippen LogP contribution in [-0.2, 0) is 0 Å². The Kier molecular flexibility index (Phi) is 853. The second-order valence-electron chi connectivity index (χ2n) is 0. The molecule has 31 valence electrons. The molecule has 0 aliphatic carbocycles. The number of nitrogens with one attached hydrogen (secondary N) is 2. The van der Waals surface area contributed by atoms with Crippen molar-refractivity contribution in [3.8, 4) is 0 Å². The zero-order valence-electron chi connectivity index (χ0n) is 2.73. The Morgan fingerprint density at radius 2 is 0.800 bits per heavy atom. The van der Waals surface area contributed by atoms with Gasteiger partial charge in [0, 0.05) is 19.8 Å². The Bertz CT molecular complexity index is 3.61. The van der Waals surface area contributed by atoms with E-state index in [-0.39, 0.29) is 19.8 Å². The van der Waals surface area contributed by atoms with Crippen LogP contribution in [0.3, 0.4) is 0 Å². The summed E-state index contributed by atoms with van der Waals surface area (Å²) in [4.78, 5) is 0. The molecule has 0 rings (SSSR count). The number of hydrogen-bond acceptors (Lipinski definition) is 2. The smallest absolute Gasteiger partial charge is 0 e. The monoisotopic (exact) mass is 131 g/mol. The summed E-state index contributed by atoms with van der Waals surface area (Å²) in [6.07, 6.45) is 0. The van der Waals surface area contributed by atoms with E-state index in [2.05, 4.69) is 11.7 Å². The van der Waals surface area contributed by atoms with Crippen LogP contribution in [0.1, 0.15) is 0 Å². The minimum atomic E-state index is 0. The summed E-state index contributed by atoms with van der Waals surface area (Å²) in [6, 6.07) is 0. The fraction of sp³-hybridized carbons (Fsp3) is 0. The van der Waals surface area contributed by atoms with E-state index in [0.717, 1.165) is 0 Å². The van der Waals surface area contributed by atoms with Crippen LogP contribution in [0.4, 0.5) is 0 Å². The molecule has 0 aromatic rings. The largest absolute Gasteiger partial charge is 0.615 e. The van der Waals surface area contributed by atoms with Crippen LogP contribution >= 0.6 is 0 Å². The molecular weight excluding hydrogens is 126 g/mol. The molecule has 0 fully saturated rings. The zero-order chi connectivity index (χ0) is 4.00. The first-order valence-electron chi connectivity index (χ1n) is 0.577. The van der Waals surface area contributed by atoms with Crippen molar-refractivity contribution in [1.82, 2.24) is 0 Å². The first-order chi connectivity index (χ1) is 2.00. The van der Waals surface area contributed by atoms with Gasteiger partial charge in [0.05, 0.1) is 0 Å². The molecule has 0 saturated heterocycles. The molecule has 0 amide bonds. The van der Waals surface area contributed by atoms with Gasteiger partial charge >= 0.3 is 0 Å². The number of nitrogens with two attached hydrogens (primary N) is 2. The number of hydrogen-bond donors (Lipinski definition) is 2. The second-order valence-corrected chi connectivity index (χ2v) is 0. The van der Waals surface area contributed by atoms with E-state index in [9.17, 15) is 0 Å². The third kappa shape index (κ3) is 121. The Morgan fingerprint density at radius 3 is 0.800 bits per heavy atom. The summed E-state index contributed by atoms with van der Waals surface area (Å²) in [6.45, 7) is 0. The predicted octanol–water partition coefficient (Wildman–Crippen LogP) is -0.556. The van der Waals surface area contributed by atoms with Crippen molar-refractivity contribution >= 4 is 19.8 Å². The second kappa shape index (κ2) is 238. The van der Waals surface area contributed by atoms with Gasteiger partial charge in [-0.25, -0.2) is 0 Å². The minimum absolute atomic E-state index is 0. The molecule has 5 heavy (non-hydrogen) atoms. The molecule has 0 heterocycles. The van der Waals surface area contributed by atoms with Gasteiger partial charge in [0.1, 0.15) is 0 Å². The van der Waals surface area contributed by atoms with Gasteiger partial charge in [0.25, 0.3) is 0 Å². The molecule has 5 heteroatoms. The van der Waals surface area contributed by atoms with E-state index in [1.165, 1.54) is 0 Å². The predicted molar refractivity (Wildman–Crippen MR) is 22.8 cm³/mol. The third-order valence-corrected chi connectivity index (χ3v) is 0. The van der Waals surface area contributed by atoms with Gasteiger partial charge in [-0.3, -0.25) is 0 Å². The molecule has 4 nitrogen and oxygen atoms in total. The van der Waals surface area contributed by atoms with E-state index in [4.69, 9.17) is 11.7 Å². The average molecular weight is 132 g/mol. The van der Waals surface area contributed by atoms with Crippen LogP contribution in [0.15, 0.2) is 0 Å². The van der Waals surface area contributed by atoms with Crippen LogP contribution in [0.2, 0.25) is 0 Å². The average Bonchev–Trinajstić information content (AvgIpc) is 1.50. The van der Waals surface area contributed by atoms with Gasteiger partial charge < -0.3 is 23.4 Å². The maximum atomic E-state index is 5.25. The molecule has 3 radical (unpaired) electrons. The summed E-state index contributed by atoms with van der Waals surface area (Å²) in [5, 5.41) is 0. The van der Waals surface area contributed by atoms with Gasteiger partial charge in [0.15, 0.2) is 0 Å². The molecule has 0 unspecified atom stereocenters. The van der Waals surface area contributed by atoms with Crippen molar-refractivity contribution in [2.24, 2.45) is 11.7 Å². The van der Waals surface area contributed by atoms with Crippen LogP contribution in [0, 0.1) is 0 Å². The van der Waals surface area contributed by atoms with E-state index in [1.807, 2.05) is 0 Å². The van der Waals surface area contributed by atoms with E-state index < -0.39 is 0 Å². The van der Waals surface area contributed by atoms with Crippen molar-refractivity contribution < 1.29 is 0 Å². The van der Waals surface area contributed by atoms with Crippen molar-refractivity contribution in [3.63, 3.8) is 0 Å². The topological polar surface area (TPSA) is 99.6 Å². The maximum Gasteiger partial charge on any atom is 0 e. The number of rotatable bonds is 0. The fourth-order valence-electron chi connectivity index (χ4n) is 0. The molecule has 0 aliphatic heterocycles. The molecule has 6 N–H and O–H groups in total. The van der Waals surface area contributed by atoms with E-state index in [0.29, 0.717) is 0 Å². The normalized spacial score (nSPS) is 2.40. The summed E-state index contributed by atoms with van der Waals surface area (Å²) in [5.74, 6) is 18.0. The standard InChI is InChI=1S/Ga.2H3N2/c;2*1-2/h;2*1H,2H2/q;2*-1. The summed E-state index contributed by atoms with van der Waals surface area (Å²) in [5.41, 5.74) is 0. The molecule has 0 atom stereocenters. The van der Waals surface area contributed by atoms with Gasteiger partial charge in [-0.2, -0.15) is 0 Å². The molecule has 0 saturated carbocycles. The van der Waals surface area contributed by atoms with Crippen LogP contribution < -0.4 is 11.7 Å². The Morgan fingerprint density at radius 1 is 0.800 bits per heavy atom. The first-order valence-corrected chi connectivity index (χ1v) is 0.577. The SMILES string of the molecule is [Ga].[NH-]N.[NH-]N. The summed E-state index contributed by atoms with van der Waals surface area (Å²) in [7, 11) is 0. The molecule has 0 aliphatic rings. The van der Waals surface area contributed by atoms with Gasteiger partial charge in [-0.1, -0.05) is 0 Å². The van der Waals surface area contributed by atoms with E-state index in [1.54, 1.807) is 0 Å². The van der Waals surface area contributed by atoms with Crippen LogP contribution in [0.5, 0.6) is 0 Å². The molecule has 0 spiro atoms. The van der Waals surface area contributed by atoms with Crippen molar-refractivity contribution in [2.75, 3.05) is 0 Å². The minimum Gasteiger partial charge on any atom is -0.615 e. The van der Waals surface area contributed by atoms with Crippen LogP contribution in [0.25, 0.3) is 11.7 Å². The molecular formula is H6GaN4-2. The van der Waals surface area contributed by atoms with Gasteiger partial charge in [-0.15, -0.1) is 0 Å².